The Labute approximate surface area is 129 Å². The quantitative estimate of drug-likeness (QED) is 0.702. The number of benzene rings is 2. The van der Waals surface area contributed by atoms with Crippen LogP contribution in [0.25, 0.3) is 11.0 Å². The summed E-state index contributed by atoms with van der Waals surface area (Å²) in [6.07, 6.45) is 0.916. The highest BCUT2D eigenvalue weighted by Gasteiger charge is 2.03. The fourth-order valence-corrected chi connectivity index (χ4v) is 2.62. The molecule has 21 heavy (non-hydrogen) atoms. The Morgan fingerprint density at radius 1 is 1.19 bits per heavy atom. The molecule has 1 aromatic heterocycles. The normalized spacial score (nSPS) is 11.1. The van der Waals surface area contributed by atoms with Crippen LogP contribution in [0.2, 0.25) is 5.02 Å². The van der Waals surface area contributed by atoms with Crippen LogP contribution in [0.3, 0.4) is 0 Å². The minimum absolute atomic E-state index is 0.734. The average molecular weight is 300 g/mol. The molecule has 0 fully saturated rings. The third-order valence-electron chi connectivity index (χ3n) is 3.51. The van der Waals surface area contributed by atoms with Gasteiger partial charge in [-0.05, 0) is 49.2 Å². The van der Waals surface area contributed by atoms with Gasteiger partial charge in [0, 0.05) is 5.02 Å². The predicted octanol–water partition coefficient (Wildman–Crippen LogP) is 3.86. The topological polar surface area (TPSA) is 40.7 Å². The molecule has 2 N–H and O–H groups in total. The Morgan fingerprint density at radius 3 is 2.90 bits per heavy atom. The molecular weight excluding hydrogens is 282 g/mol. The molecule has 0 radical (unpaired) electrons. The first kappa shape index (κ1) is 14.1. The van der Waals surface area contributed by atoms with Crippen LogP contribution in [0, 0.1) is 6.92 Å². The summed E-state index contributed by atoms with van der Waals surface area (Å²) in [6, 6.07) is 14.2. The molecule has 0 aliphatic carbocycles. The number of aromatic amines is 1. The van der Waals surface area contributed by atoms with Gasteiger partial charge in [0.2, 0.25) is 0 Å². The Hall–Kier alpha value is -1.84. The third-order valence-corrected chi connectivity index (χ3v) is 3.88. The van der Waals surface area contributed by atoms with Crippen molar-refractivity contribution >= 4 is 22.6 Å². The zero-order valence-corrected chi connectivity index (χ0v) is 12.7. The molecule has 108 valence electrons. The molecular formula is C17H18ClN3. The molecule has 0 atom stereocenters. The molecule has 0 saturated carbocycles. The number of nitrogens with zero attached hydrogens (tertiary/aromatic N) is 1. The summed E-state index contributed by atoms with van der Waals surface area (Å²) < 4.78 is 0. The fourth-order valence-electron chi connectivity index (χ4n) is 2.39. The Balaban J connectivity index is 1.56. The van der Waals surface area contributed by atoms with Gasteiger partial charge in [0.1, 0.15) is 5.82 Å². The van der Waals surface area contributed by atoms with Crippen molar-refractivity contribution in [2.45, 2.75) is 19.9 Å². The van der Waals surface area contributed by atoms with Crippen molar-refractivity contribution in [3.05, 3.63) is 64.4 Å². The summed E-state index contributed by atoms with van der Waals surface area (Å²) in [5.41, 5.74) is 4.53. The van der Waals surface area contributed by atoms with Gasteiger partial charge in [-0.25, -0.2) is 4.98 Å². The van der Waals surface area contributed by atoms with Crippen molar-refractivity contribution in [3.63, 3.8) is 0 Å². The lowest BCUT2D eigenvalue weighted by Gasteiger charge is -2.04. The lowest BCUT2D eigenvalue weighted by atomic mass is 10.1. The van der Waals surface area contributed by atoms with Crippen LogP contribution in [0.5, 0.6) is 0 Å². The number of nitrogens with one attached hydrogen (secondary N) is 2. The summed E-state index contributed by atoms with van der Waals surface area (Å²) in [4.78, 5) is 7.92. The van der Waals surface area contributed by atoms with E-state index in [-0.39, 0.29) is 0 Å². The standard InChI is InChI=1S/C17H18ClN3/c1-12-6-7-15-16(10-12)21-17(20-15)11-19-9-8-13-4-2-3-5-14(13)18/h2-7,10,19H,8-9,11H2,1H3,(H,20,21). The fraction of sp³-hybridized carbons (Fsp3) is 0.235. The van der Waals surface area contributed by atoms with E-state index in [1.54, 1.807) is 0 Å². The Morgan fingerprint density at radius 2 is 2.05 bits per heavy atom. The first-order chi connectivity index (χ1) is 10.2. The van der Waals surface area contributed by atoms with Crippen LogP contribution in [0.15, 0.2) is 42.5 Å². The van der Waals surface area contributed by atoms with Gasteiger partial charge in [-0.2, -0.15) is 0 Å². The van der Waals surface area contributed by atoms with Gasteiger partial charge in [0.05, 0.1) is 17.6 Å². The van der Waals surface area contributed by atoms with E-state index in [9.17, 15) is 0 Å². The van der Waals surface area contributed by atoms with Crippen molar-refractivity contribution in [3.8, 4) is 0 Å². The molecule has 3 nitrogen and oxygen atoms in total. The highest BCUT2D eigenvalue weighted by molar-refractivity contribution is 6.31. The highest BCUT2D eigenvalue weighted by atomic mass is 35.5. The Bertz CT molecular complexity index is 749. The third kappa shape index (κ3) is 3.43. The lowest BCUT2D eigenvalue weighted by Crippen LogP contribution is -2.17. The zero-order chi connectivity index (χ0) is 14.7. The molecule has 2 aromatic carbocycles. The van der Waals surface area contributed by atoms with E-state index in [4.69, 9.17) is 11.6 Å². The van der Waals surface area contributed by atoms with Crippen molar-refractivity contribution in [2.75, 3.05) is 6.54 Å². The van der Waals surface area contributed by atoms with Gasteiger partial charge >= 0.3 is 0 Å². The van der Waals surface area contributed by atoms with E-state index in [2.05, 4.69) is 46.5 Å². The van der Waals surface area contributed by atoms with Gasteiger partial charge in [-0.3, -0.25) is 0 Å². The van der Waals surface area contributed by atoms with Gasteiger partial charge < -0.3 is 10.3 Å². The van der Waals surface area contributed by atoms with Crippen LogP contribution in [-0.2, 0) is 13.0 Å². The summed E-state index contributed by atoms with van der Waals surface area (Å²) in [5, 5.41) is 4.23. The van der Waals surface area contributed by atoms with Gasteiger partial charge in [-0.15, -0.1) is 0 Å². The average Bonchev–Trinajstić information content (AvgIpc) is 2.87. The molecule has 0 bridgehead atoms. The van der Waals surface area contributed by atoms with Crippen molar-refractivity contribution in [2.24, 2.45) is 0 Å². The number of aromatic nitrogens is 2. The van der Waals surface area contributed by atoms with Crippen LogP contribution in [0.1, 0.15) is 17.0 Å². The molecule has 0 spiro atoms. The number of halogens is 1. The van der Waals surface area contributed by atoms with E-state index < -0.39 is 0 Å². The van der Waals surface area contributed by atoms with E-state index in [0.29, 0.717) is 0 Å². The molecule has 0 saturated heterocycles. The largest absolute Gasteiger partial charge is 0.341 e. The molecule has 3 aromatic rings. The smallest absolute Gasteiger partial charge is 0.121 e. The number of rotatable bonds is 5. The number of H-pyrrole nitrogens is 1. The lowest BCUT2D eigenvalue weighted by molar-refractivity contribution is 0.666. The van der Waals surface area contributed by atoms with E-state index >= 15 is 0 Å². The van der Waals surface area contributed by atoms with Crippen LogP contribution in [0.4, 0.5) is 0 Å². The summed E-state index contributed by atoms with van der Waals surface area (Å²) >= 11 is 6.14. The molecule has 0 unspecified atom stereocenters. The minimum atomic E-state index is 0.734. The second kappa shape index (κ2) is 6.29. The number of imidazole rings is 1. The van der Waals surface area contributed by atoms with Gasteiger partial charge in [0.15, 0.2) is 0 Å². The van der Waals surface area contributed by atoms with Gasteiger partial charge in [-0.1, -0.05) is 35.9 Å². The van der Waals surface area contributed by atoms with Crippen molar-refractivity contribution in [1.82, 2.24) is 15.3 Å². The number of aryl methyl sites for hydroxylation is 1. The maximum atomic E-state index is 6.14. The van der Waals surface area contributed by atoms with Crippen molar-refractivity contribution < 1.29 is 0 Å². The molecule has 3 rings (SSSR count). The maximum Gasteiger partial charge on any atom is 0.121 e. The first-order valence-corrected chi connectivity index (χ1v) is 7.49. The van der Waals surface area contributed by atoms with E-state index in [1.807, 2.05) is 18.2 Å². The molecule has 4 heteroatoms. The van der Waals surface area contributed by atoms with Gasteiger partial charge in [0.25, 0.3) is 0 Å². The second-order valence-electron chi connectivity index (χ2n) is 5.22. The SMILES string of the molecule is Cc1ccc2nc(CNCCc3ccccc3Cl)[nH]c2c1. The van der Waals surface area contributed by atoms with Crippen LogP contribution < -0.4 is 5.32 Å². The van der Waals surface area contributed by atoms with Crippen molar-refractivity contribution in [1.29, 1.82) is 0 Å². The molecule has 1 heterocycles. The monoisotopic (exact) mass is 299 g/mol. The van der Waals surface area contributed by atoms with E-state index in [1.165, 1.54) is 11.1 Å². The maximum absolute atomic E-state index is 6.14. The zero-order valence-electron chi connectivity index (χ0n) is 12.0. The molecule has 0 aliphatic rings. The highest BCUT2D eigenvalue weighted by Crippen LogP contribution is 2.15. The minimum Gasteiger partial charge on any atom is -0.341 e. The summed E-state index contributed by atoms with van der Waals surface area (Å²) in [7, 11) is 0. The number of hydrogen-bond acceptors (Lipinski definition) is 2. The molecule has 0 aliphatic heterocycles. The van der Waals surface area contributed by atoms with Crippen LogP contribution in [-0.4, -0.2) is 16.5 Å². The predicted molar refractivity (Wildman–Crippen MR) is 87.7 cm³/mol. The second-order valence-corrected chi connectivity index (χ2v) is 5.63. The Kier molecular flexibility index (Phi) is 4.23. The first-order valence-electron chi connectivity index (χ1n) is 7.12. The molecule has 0 amide bonds. The van der Waals surface area contributed by atoms with E-state index in [0.717, 1.165) is 41.4 Å². The number of hydrogen-bond donors (Lipinski definition) is 2. The summed E-state index contributed by atoms with van der Waals surface area (Å²) in [5.74, 6) is 0.967. The van der Waals surface area contributed by atoms with Crippen LogP contribution >= 0.6 is 11.6 Å². The number of fused-ring (bicyclic) bond motifs is 1. The summed E-state index contributed by atoms with van der Waals surface area (Å²) in [6.45, 7) is 3.69.